The van der Waals surface area contributed by atoms with Crippen LogP contribution >= 0.6 is 0 Å². The van der Waals surface area contributed by atoms with Crippen molar-refractivity contribution in [3.63, 3.8) is 0 Å². The lowest BCUT2D eigenvalue weighted by atomic mass is 9.71. The second-order valence-electron chi connectivity index (χ2n) is 6.34. The lowest BCUT2D eigenvalue weighted by molar-refractivity contribution is -0.130. The van der Waals surface area contributed by atoms with E-state index in [0.717, 1.165) is 12.1 Å². The standard InChI is InChI=1S/C19H19N2O/c1-12-11-17-18(16-10-6-5-9-15(12)16)20-21(13(2)22)19(17)14-7-3-4-8-14/h3-10,12,17,19H,11H2,1-2H3/t12?,17-,19-/m1/s1. The molecule has 5 radical (unpaired) electrons. The molecule has 1 unspecified atom stereocenters. The lowest BCUT2D eigenvalue weighted by Gasteiger charge is -2.34. The molecule has 0 aromatic heterocycles. The molecule has 3 atom stereocenters. The highest BCUT2D eigenvalue weighted by Crippen LogP contribution is 2.46. The Kier molecular flexibility index (Phi) is 3.32. The number of nitrogens with zero attached hydrogens (tertiary/aromatic N) is 2. The summed E-state index contributed by atoms with van der Waals surface area (Å²) in [7, 11) is 0. The average Bonchev–Trinajstić information content (AvgIpc) is 3.14. The first-order chi connectivity index (χ1) is 10.7. The quantitative estimate of drug-likeness (QED) is 0.782. The van der Waals surface area contributed by atoms with E-state index in [-0.39, 0.29) is 17.9 Å². The van der Waals surface area contributed by atoms with Gasteiger partial charge in [0.2, 0.25) is 5.91 Å². The molecule has 0 saturated heterocycles. The van der Waals surface area contributed by atoms with Gasteiger partial charge in [-0.1, -0.05) is 31.2 Å². The molecule has 2 aliphatic carbocycles. The molecule has 1 heterocycles. The minimum absolute atomic E-state index is 0.0123. The molecular weight excluding hydrogens is 272 g/mol. The zero-order valence-electron chi connectivity index (χ0n) is 12.9. The van der Waals surface area contributed by atoms with Crippen LogP contribution in [0.5, 0.6) is 0 Å². The van der Waals surface area contributed by atoms with Crippen molar-refractivity contribution in [1.82, 2.24) is 5.01 Å². The Morgan fingerprint density at radius 2 is 1.95 bits per heavy atom. The molecule has 3 nitrogen and oxygen atoms in total. The van der Waals surface area contributed by atoms with Crippen molar-refractivity contribution in [2.75, 3.05) is 0 Å². The smallest absolute Gasteiger partial charge is 0.239 e. The molecule has 0 spiro atoms. The van der Waals surface area contributed by atoms with Crippen molar-refractivity contribution < 1.29 is 4.79 Å². The number of hydrazone groups is 1. The van der Waals surface area contributed by atoms with Crippen LogP contribution in [0.25, 0.3) is 0 Å². The Morgan fingerprint density at radius 3 is 2.68 bits per heavy atom. The van der Waals surface area contributed by atoms with E-state index in [1.807, 2.05) is 12.8 Å². The van der Waals surface area contributed by atoms with Crippen LogP contribution < -0.4 is 0 Å². The minimum atomic E-state index is 0.0123. The molecule has 0 bridgehead atoms. The van der Waals surface area contributed by atoms with Crippen LogP contribution in [0.3, 0.4) is 0 Å². The van der Waals surface area contributed by atoms with Crippen molar-refractivity contribution in [2.24, 2.45) is 11.0 Å². The van der Waals surface area contributed by atoms with E-state index in [9.17, 15) is 4.79 Å². The summed E-state index contributed by atoms with van der Waals surface area (Å²) in [5, 5.41) is 6.41. The third-order valence-electron chi connectivity index (χ3n) is 4.94. The highest BCUT2D eigenvalue weighted by molar-refractivity contribution is 6.07. The zero-order valence-corrected chi connectivity index (χ0v) is 12.9. The SMILES string of the molecule is CC(=O)N1N=C2c3ccccc3C(C)C[C@H]2[C@H]1[C]1[CH][CH][CH][CH]1. The molecule has 0 N–H and O–H groups in total. The number of hydrogen-bond acceptors (Lipinski definition) is 2. The fraction of sp³-hybridized carbons (Fsp3) is 0.316. The molecule has 111 valence electrons. The number of carbonyl (C=O) groups is 1. The van der Waals surface area contributed by atoms with Crippen molar-refractivity contribution >= 4 is 11.6 Å². The molecule has 22 heavy (non-hydrogen) atoms. The zero-order chi connectivity index (χ0) is 15.3. The maximum Gasteiger partial charge on any atom is 0.239 e. The molecule has 1 saturated carbocycles. The van der Waals surface area contributed by atoms with Gasteiger partial charge in [0, 0.05) is 24.3 Å². The molecule has 1 fully saturated rings. The monoisotopic (exact) mass is 291 g/mol. The van der Waals surface area contributed by atoms with Gasteiger partial charge in [-0.15, -0.1) is 0 Å². The molecule has 1 aromatic carbocycles. The predicted molar refractivity (Wildman–Crippen MR) is 86.3 cm³/mol. The van der Waals surface area contributed by atoms with Crippen LogP contribution in [-0.2, 0) is 4.79 Å². The number of hydrogen-bond donors (Lipinski definition) is 0. The van der Waals surface area contributed by atoms with E-state index in [4.69, 9.17) is 5.10 Å². The van der Waals surface area contributed by atoms with Crippen LogP contribution in [0.15, 0.2) is 29.4 Å². The van der Waals surface area contributed by atoms with Crippen molar-refractivity contribution in [3.05, 3.63) is 67.0 Å². The summed E-state index contributed by atoms with van der Waals surface area (Å²) in [5.74, 6) is 1.98. The van der Waals surface area contributed by atoms with Gasteiger partial charge in [0.05, 0.1) is 11.8 Å². The summed E-state index contributed by atoms with van der Waals surface area (Å²) in [4.78, 5) is 12.1. The number of rotatable bonds is 1. The number of fused-ring (bicyclic) bond motifs is 3. The van der Waals surface area contributed by atoms with Crippen LogP contribution in [-0.4, -0.2) is 22.7 Å². The maximum absolute atomic E-state index is 12.1. The first-order valence-corrected chi connectivity index (χ1v) is 7.86. The van der Waals surface area contributed by atoms with Gasteiger partial charge in [-0.2, -0.15) is 5.10 Å². The summed E-state index contributed by atoms with van der Waals surface area (Å²) < 4.78 is 0. The maximum atomic E-state index is 12.1. The van der Waals surface area contributed by atoms with E-state index in [1.165, 1.54) is 17.0 Å². The Morgan fingerprint density at radius 1 is 1.23 bits per heavy atom. The van der Waals surface area contributed by atoms with Crippen LogP contribution in [0, 0.1) is 37.5 Å². The van der Waals surface area contributed by atoms with E-state index < -0.39 is 0 Å². The van der Waals surface area contributed by atoms with Gasteiger partial charge < -0.3 is 0 Å². The van der Waals surface area contributed by atoms with Crippen molar-refractivity contribution in [3.8, 4) is 0 Å². The summed E-state index contributed by atoms with van der Waals surface area (Å²) in [6.45, 7) is 3.88. The van der Waals surface area contributed by atoms with E-state index >= 15 is 0 Å². The van der Waals surface area contributed by atoms with Crippen LogP contribution in [0.2, 0.25) is 0 Å². The Hall–Kier alpha value is -1.64. The van der Waals surface area contributed by atoms with Crippen LogP contribution in [0.4, 0.5) is 0 Å². The van der Waals surface area contributed by atoms with Gasteiger partial charge in [0.15, 0.2) is 0 Å². The molecule has 3 heteroatoms. The predicted octanol–water partition coefficient (Wildman–Crippen LogP) is 3.15. The Balaban J connectivity index is 1.78. The fourth-order valence-corrected chi connectivity index (χ4v) is 3.96. The van der Waals surface area contributed by atoms with E-state index in [2.05, 4.69) is 44.0 Å². The normalized spacial score (nSPS) is 30.9. The van der Waals surface area contributed by atoms with Gasteiger partial charge in [0.25, 0.3) is 0 Å². The second kappa shape index (κ2) is 5.22. The minimum Gasteiger partial charge on any atom is -0.273 e. The van der Waals surface area contributed by atoms with E-state index in [1.54, 1.807) is 11.9 Å². The second-order valence-corrected chi connectivity index (χ2v) is 6.34. The molecule has 1 aromatic rings. The van der Waals surface area contributed by atoms with Gasteiger partial charge in [0.1, 0.15) is 0 Å². The van der Waals surface area contributed by atoms with E-state index in [0.29, 0.717) is 5.92 Å². The molecule has 4 rings (SSSR count). The highest BCUT2D eigenvalue weighted by atomic mass is 16.2. The lowest BCUT2D eigenvalue weighted by Crippen LogP contribution is -2.42. The topological polar surface area (TPSA) is 32.7 Å². The molecule has 1 aliphatic heterocycles. The number of carbonyl (C=O) groups excluding carboxylic acids is 1. The van der Waals surface area contributed by atoms with Crippen LogP contribution in [0.1, 0.15) is 37.3 Å². The van der Waals surface area contributed by atoms with Gasteiger partial charge in [-0.3, -0.25) is 4.79 Å². The summed E-state index contributed by atoms with van der Waals surface area (Å²) in [5.41, 5.74) is 3.64. The number of amides is 1. The van der Waals surface area contributed by atoms with Crippen molar-refractivity contribution in [1.29, 1.82) is 0 Å². The first kappa shape index (κ1) is 14.0. The Labute approximate surface area is 132 Å². The largest absolute Gasteiger partial charge is 0.273 e. The third kappa shape index (κ3) is 2.02. The molecule has 1 amide bonds. The summed E-state index contributed by atoms with van der Waals surface area (Å²) in [6, 6.07) is 8.51. The summed E-state index contributed by atoms with van der Waals surface area (Å²) in [6.07, 6.45) is 9.31. The highest BCUT2D eigenvalue weighted by Gasteiger charge is 2.47. The van der Waals surface area contributed by atoms with Gasteiger partial charge in [-0.05, 0) is 43.6 Å². The third-order valence-corrected chi connectivity index (χ3v) is 4.94. The number of benzene rings is 1. The summed E-state index contributed by atoms with van der Waals surface area (Å²) >= 11 is 0. The molecular formula is C19H19N2O. The van der Waals surface area contributed by atoms with Crippen molar-refractivity contribution in [2.45, 2.75) is 32.2 Å². The van der Waals surface area contributed by atoms with Gasteiger partial charge in [-0.25, -0.2) is 5.01 Å². The Bertz CT molecular complexity index is 630. The first-order valence-electron chi connectivity index (χ1n) is 7.86. The molecule has 3 aliphatic rings. The fourth-order valence-electron chi connectivity index (χ4n) is 3.96. The van der Waals surface area contributed by atoms with Gasteiger partial charge >= 0.3 is 0 Å². The average molecular weight is 291 g/mol.